The van der Waals surface area contributed by atoms with Crippen LogP contribution in [0.1, 0.15) is 34.5 Å². The van der Waals surface area contributed by atoms with Crippen LogP contribution in [0.5, 0.6) is 5.75 Å². The predicted octanol–water partition coefficient (Wildman–Crippen LogP) is 4.43. The van der Waals surface area contributed by atoms with E-state index in [9.17, 15) is 18.0 Å². The Balaban J connectivity index is 0.00000338. The lowest BCUT2D eigenvalue weighted by Crippen LogP contribution is -2.27. The molecule has 1 amide bonds. The molecule has 142 valence electrons. The summed E-state index contributed by atoms with van der Waals surface area (Å²) in [5.74, 6) is -0.152. The van der Waals surface area contributed by atoms with Crippen molar-refractivity contribution in [3.63, 3.8) is 0 Å². The molecule has 0 aromatic heterocycles. The number of nitrogens with one attached hydrogen (secondary N) is 1. The van der Waals surface area contributed by atoms with Gasteiger partial charge in [-0.25, -0.2) is 0 Å². The number of hydrogen-bond acceptors (Lipinski definition) is 3. The Morgan fingerprint density at radius 2 is 1.81 bits per heavy atom. The Hall–Kier alpha value is -2.41. The molecule has 0 fully saturated rings. The van der Waals surface area contributed by atoms with Crippen molar-refractivity contribution in [2.24, 2.45) is 0 Å². The number of hydrogen-bond donors (Lipinski definition) is 2. The molecule has 4 nitrogen and oxygen atoms in total. The molecule has 0 aliphatic carbocycles. The van der Waals surface area contributed by atoms with E-state index in [2.05, 4.69) is 10.1 Å². The van der Waals surface area contributed by atoms with Gasteiger partial charge in [0.2, 0.25) is 0 Å². The zero-order valence-corrected chi connectivity index (χ0v) is 15.1. The van der Waals surface area contributed by atoms with Crippen LogP contribution in [0.4, 0.5) is 18.9 Å². The molecule has 1 unspecified atom stereocenters. The molecule has 0 spiro atoms. The summed E-state index contributed by atoms with van der Waals surface area (Å²) in [6, 6.07) is 10.9. The predicted molar refractivity (Wildman–Crippen MR) is 96.7 cm³/mol. The molecule has 8 heteroatoms. The van der Waals surface area contributed by atoms with Crippen molar-refractivity contribution in [2.75, 3.05) is 12.3 Å². The number of aryl methyl sites for hydroxylation is 1. The van der Waals surface area contributed by atoms with Crippen LogP contribution in [0.25, 0.3) is 0 Å². The highest BCUT2D eigenvalue weighted by atomic mass is 35.5. The minimum Gasteiger partial charge on any atom is -0.484 e. The molecule has 0 aliphatic rings. The van der Waals surface area contributed by atoms with Crippen molar-refractivity contribution in [3.8, 4) is 5.75 Å². The van der Waals surface area contributed by atoms with E-state index in [0.717, 1.165) is 11.1 Å². The first-order valence-electron chi connectivity index (χ1n) is 7.62. The largest absolute Gasteiger partial charge is 0.484 e. The number of halogens is 4. The molecule has 26 heavy (non-hydrogen) atoms. The van der Waals surface area contributed by atoms with Gasteiger partial charge in [0.25, 0.3) is 5.91 Å². The fourth-order valence-electron chi connectivity index (χ4n) is 2.26. The van der Waals surface area contributed by atoms with Gasteiger partial charge in [0, 0.05) is 11.3 Å². The third-order valence-corrected chi connectivity index (χ3v) is 3.64. The Labute approximate surface area is 155 Å². The van der Waals surface area contributed by atoms with Crippen LogP contribution in [0, 0.1) is 6.92 Å². The maximum atomic E-state index is 12.4. The number of carbonyl (C=O) groups is 1. The first-order chi connectivity index (χ1) is 11.7. The number of nitrogens with two attached hydrogens (primary N) is 1. The molecule has 2 aromatic rings. The topological polar surface area (TPSA) is 64.4 Å². The minimum absolute atomic E-state index is 0. The van der Waals surface area contributed by atoms with E-state index in [-0.39, 0.29) is 30.1 Å². The number of nitrogen functional groups attached to an aromatic ring is 1. The highest BCUT2D eigenvalue weighted by Crippen LogP contribution is 2.21. The molecular formula is C18H20ClF3N2O2. The summed E-state index contributed by atoms with van der Waals surface area (Å²) < 4.78 is 41.1. The number of benzene rings is 2. The quantitative estimate of drug-likeness (QED) is 0.745. The third-order valence-electron chi connectivity index (χ3n) is 3.64. The Kier molecular flexibility index (Phi) is 7.32. The molecule has 0 saturated heterocycles. The van der Waals surface area contributed by atoms with Gasteiger partial charge in [-0.15, -0.1) is 12.4 Å². The molecule has 0 saturated carbocycles. The summed E-state index contributed by atoms with van der Waals surface area (Å²) in [4.78, 5) is 12.4. The third kappa shape index (κ3) is 6.15. The zero-order chi connectivity index (χ0) is 18.6. The van der Waals surface area contributed by atoms with Crippen molar-refractivity contribution in [1.82, 2.24) is 5.32 Å². The average Bonchev–Trinajstić information content (AvgIpc) is 2.54. The monoisotopic (exact) mass is 388 g/mol. The van der Waals surface area contributed by atoms with Gasteiger partial charge in [0.1, 0.15) is 5.75 Å². The van der Waals surface area contributed by atoms with Crippen LogP contribution in [0.3, 0.4) is 0 Å². The second-order valence-electron chi connectivity index (χ2n) is 5.74. The number of ether oxygens (including phenoxy) is 1. The molecule has 3 N–H and O–H groups in total. The van der Waals surface area contributed by atoms with E-state index in [0.29, 0.717) is 11.3 Å². The van der Waals surface area contributed by atoms with Gasteiger partial charge in [0.15, 0.2) is 6.61 Å². The molecule has 0 heterocycles. The summed E-state index contributed by atoms with van der Waals surface area (Å²) >= 11 is 0. The van der Waals surface area contributed by atoms with Crippen molar-refractivity contribution >= 4 is 24.0 Å². The first-order valence-corrected chi connectivity index (χ1v) is 7.62. The van der Waals surface area contributed by atoms with Crippen molar-refractivity contribution in [2.45, 2.75) is 26.1 Å². The lowest BCUT2D eigenvalue weighted by Gasteiger charge is -2.16. The first kappa shape index (κ1) is 21.6. The Morgan fingerprint density at radius 3 is 2.38 bits per heavy atom. The lowest BCUT2D eigenvalue weighted by atomic mass is 10.0. The van der Waals surface area contributed by atoms with Crippen molar-refractivity contribution in [1.29, 1.82) is 0 Å². The fourth-order valence-corrected chi connectivity index (χ4v) is 2.26. The van der Waals surface area contributed by atoms with Crippen LogP contribution in [-0.2, 0) is 0 Å². The average molecular weight is 389 g/mol. The molecule has 1 atom stereocenters. The van der Waals surface area contributed by atoms with Gasteiger partial charge >= 0.3 is 6.18 Å². The summed E-state index contributed by atoms with van der Waals surface area (Å²) in [6.45, 7) is 2.25. The molecule has 0 aliphatic heterocycles. The van der Waals surface area contributed by atoms with E-state index in [1.54, 1.807) is 37.3 Å². The normalized spacial score (nSPS) is 12.0. The smallest absolute Gasteiger partial charge is 0.422 e. The molecule has 0 bridgehead atoms. The highest BCUT2D eigenvalue weighted by molar-refractivity contribution is 5.96. The van der Waals surface area contributed by atoms with E-state index in [1.165, 1.54) is 12.1 Å². The Morgan fingerprint density at radius 1 is 1.19 bits per heavy atom. The maximum absolute atomic E-state index is 12.4. The van der Waals surface area contributed by atoms with Crippen LogP contribution in [0.15, 0.2) is 42.5 Å². The van der Waals surface area contributed by atoms with Crippen molar-refractivity contribution in [3.05, 3.63) is 59.2 Å². The second-order valence-corrected chi connectivity index (χ2v) is 5.74. The van der Waals surface area contributed by atoms with Crippen LogP contribution in [0.2, 0.25) is 0 Å². The standard InChI is InChI=1S/C18H19F3N2O2.ClH/c1-11-3-6-14(22)9-16(11)17(24)23-12(2)13-4-7-15(8-5-13)25-10-18(19,20)21;/h3-9,12H,10,22H2,1-2H3,(H,23,24);1H. The zero-order valence-electron chi connectivity index (χ0n) is 14.3. The van der Waals surface area contributed by atoms with Gasteiger partial charge in [0.05, 0.1) is 6.04 Å². The number of carbonyl (C=O) groups excluding carboxylic acids is 1. The van der Waals surface area contributed by atoms with Crippen LogP contribution >= 0.6 is 12.4 Å². The molecular weight excluding hydrogens is 369 g/mol. The van der Waals surface area contributed by atoms with E-state index in [1.807, 2.05) is 6.92 Å². The van der Waals surface area contributed by atoms with Crippen LogP contribution in [-0.4, -0.2) is 18.7 Å². The Bertz CT molecular complexity index is 749. The number of amides is 1. The van der Waals surface area contributed by atoms with E-state index < -0.39 is 12.8 Å². The molecule has 2 rings (SSSR count). The maximum Gasteiger partial charge on any atom is 0.422 e. The number of alkyl halides is 3. The summed E-state index contributed by atoms with van der Waals surface area (Å²) in [7, 11) is 0. The van der Waals surface area contributed by atoms with Gasteiger partial charge in [-0.3, -0.25) is 4.79 Å². The summed E-state index contributed by atoms with van der Waals surface area (Å²) in [5, 5.41) is 2.84. The minimum atomic E-state index is -4.38. The second kappa shape index (κ2) is 8.80. The highest BCUT2D eigenvalue weighted by Gasteiger charge is 2.28. The fraction of sp³-hybridized carbons (Fsp3) is 0.278. The SMILES string of the molecule is Cc1ccc(N)cc1C(=O)NC(C)c1ccc(OCC(F)(F)F)cc1.Cl. The molecule has 2 aromatic carbocycles. The number of rotatable bonds is 5. The van der Waals surface area contributed by atoms with Crippen molar-refractivity contribution < 1.29 is 22.7 Å². The van der Waals surface area contributed by atoms with E-state index >= 15 is 0 Å². The molecule has 0 radical (unpaired) electrons. The van der Waals surface area contributed by atoms with E-state index in [4.69, 9.17) is 5.73 Å². The van der Waals surface area contributed by atoms with Crippen LogP contribution < -0.4 is 15.8 Å². The van der Waals surface area contributed by atoms with Gasteiger partial charge in [-0.05, 0) is 49.2 Å². The summed E-state index contributed by atoms with van der Waals surface area (Å²) in [6.07, 6.45) is -4.38. The summed E-state index contributed by atoms with van der Waals surface area (Å²) in [5.41, 5.74) is 8.23. The van der Waals surface area contributed by atoms with Gasteiger partial charge in [-0.2, -0.15) is 13.2 Å². The van der Waals surface area contributed by atoms with Gasteiger partial charge in [-0.1, -0.05) is 18.2 Å². The van der Waals surface area contributed by atoms with Gasteiger partial charge < -0.3 is 15.8 Å². The number of anilines is 1. The lowest BCUT2D eigenvalue weighted by molar-refractivity contribution is -0.153.